The second kappa shape index (κ2) is 20.7. The summed E-state index contributed by atoms with van der Waals surface area (Å²) < 4.78 is 5.59. The Bertz CT molecular complexity index is 297. The van der Waals surface area contributed by atoms with E-state index in [0.717, 1.165) is 32.1 Å². The summed E-state index contributed by atoms with van der Waals surface area (Å²) in [5.41, 5.74) is 0. The highest BCUT2D eigenvalue weighted by molar-refractivity contribution is 5.75. The lowest BCUT2D eigenvalue weighted by Crippen LogP contribution is -2.35. The van der Waals surface area contributed by atoms with E-state index in [0.29, 0.717) is 19.6 Å². The van der Waals surface area contributed by atoms with Gasteiger partial charge in [0.1, 0.15) is 0 Å². The molecule has 2 N–H and O–H groups in total. The molecule has 0 fully saturated rings. The zero-order valence-electron chi connectivity index (χ0n) is 17.6. The second-order valence-electron chi connectivity index (χ2n) is 7.47. The average molecular weight is 372 g/mol. The Balaban J connectivity index is 3.39. The van der Waals surface area contributed by atoms with E-state index in [4.69, 9.17) is 4.74 Å². The summed E-state index contributed by atoms with van der Waals surface area (Å²) in [5.74, 6) is 0.0801. The van der Waals surface area contributed by atoms with Crippen molar-refractivity contribution in [1.29, 1.82) is 0 Å². The fourth-order valence-electron chi connectivity index (χ4n) is 3.04. The lowest BCUT2D eigenvalue weighted by atomic mass is 10.1. The van der Waals surface area contributed by atoms with Crippen molar-refractivity contribution in [3.8, 4) is 0 Å². The van der Waals surface area contributed by atoms with E-state index in [9.17, 15) is 9.90 Å². The molecule has 0 rings (SSSR count). The minimum atomic E-state index is -0.270. The number of carbonyl (C=O) groups excluding carboxylic acids is 1. The SMILES string of the molecule is CCCCCCCCCCCCCC(=O)NCC(CO)OCCCCC. The van der Waals surface area contributed by atoms with Crippen LogP contribution in [0.3, 0.4) is 0 Å². The Morgan fingerprint density at radius 1 is 0.808 bits per heavy atom. The highest BCUT2D eigenvalue weighted by Gasteiger charge is 2.09. The van der Waals surface area contributed by atoms with Gasteiger partial charge in [0.25, 0.3) is 0 Å². The maximum atomic E-state index is 11.9. The van der Waals surface area contributed by atoms with Crippen LogP contribution in [0.15, 0.2) is 0 Å². The zero-order valence-corrected chi connectivity index (χ0v) is 17.6. The number of aliphatic hydroxyl groups excluding tert-OH is 1. The number of unbranched alkanes of at least 4 members (excludes halogenated alkanes) is 12. The second-order valence-corrected chi connectivity index (χ2v) is 7.47. The van der Waals surface area contributed by atoms with Gasteiger partial charge in [0.05, 0.1) is 12.7 Å². The fraction of sp³-hybridized carbons (Fsp3) is 0.955. The third kappa shape index (κ3) is 18.2. The quantitative estimate of drug-likeness (QED) is 0.283. The summed E-state index contributed by atoms with van der Waals surface area (Å²) in [4.78, 5) is 11.9. The summed E-state index contributed by atoms with van der Waals surface area (Å²) >= 11 is 0. The monoisotopic (exact) mass is 371 g/mol. The van der Waals surface area contributed by atoms with Crippen molar-refractivity contribution in [3.05, 3.63) is 0 Å². The molecule has 1 amide bonds. The van der Waals surface area contributed by atoms with Crippen LogP contribution in [0.4, 0.5) is 0 Å². The van der Waals surface area contributed by atoms with Gasteiger partial charge in [-0.05, 0) is 12.8 Å². The number of amides is 1. The van der Waals surface area contributed by atoms with E-state index in [1.54, 1.807) is 0 Å². The molecule has 4 heteroatoms. The van der Waals surface area contributed by atoms with Crippen LogP contribution < -0.4 is 5.32 Å². The molecule has 4 nitrogen and oxygen atoms in total. The van der Waals surface area contributed by atoms with Gasteiger partial charge >= 0.3 is 0 Å². The molecular weight excluding hydrogens is 326 g/mol. The number of hydrogen-bond donors (Lipinski definition) is 2. The van der Waals surface area contributed by atoms with Crippen molar-refractivity contribution in [1.82, 2.24) is 5.32 Å². The molecule has 0 saturated carbocycles. The van der Waals surface area contributed by atoms with Crippen LogP contribution in [-0.2, 0) is 9.53 Å². The highest BCUT2D eigenvalue weighted by atomic mass is 16.5. The summed E-state index contributed by atoms with van der Waals surface area (Å²) in [5, 5.41) is 12.2. The highest BCUT2D eigenvalue weighted by Crippen LogP contribution is 2.11. The molecule has 0 aliphatic heterocycles. The predicted molar refractivity (Wildman–Crippen MR) is 110 cm³/mol. The molecule has 1 unspecified atom stereocenters. The van der Waals surface area contributed by atoms with E-state index in [1.165, 1.54) is 57.8 Å². The van der Waals surface area contributed by atoms with E-state index >= 15 is 0 Å². The molecular formula is C22H45NO3. The van der Waals surface area contributed by atoms with E-state index in [1.807, 2.05) is 0 Å². The Morgan fingerprint density at radius 3 is 1.85 bits per heavy atom. The first-order valence-electron chi connectivity index (χ1n) is 11.2. The van der Waals surface area contributed by atoms with Gasteiger partial charge in [0.15, 0.2) is 0 Å². The van der Waals surface area contributed by atoms with Gasteiger partial charge in [0, 0.05) is 19.6 Å². The molecule has 0 aromatic carbocycles. The topological polar surface area (TPSA) is 58.6 Å². The Hall–Kier alpha value is -0.610. The van der Waals surface area contributed by atoms with Gasteiger partial charge in [0.2, 0.25) is 5.91 Å². The van der Waals surface area contributed by atoms with Crippen LogP contribution in [0, 0.1) is 0 Å². The number of ether oxygens (including phenoxy) is 1. The third-order valence-corrected chi connectivity index (χ3v) is 4.84. The van der Waals surface area contributed by atoms with Crippen LogP contribution in [-0.4, -0.2) is 36.9 Å². The lowest BCUT2D eigenvalue weighted by molar-refractivity contribution is -0.122. The van der Waals surface area contributed by atoms with Gasteiger partial charge in [-0.2, -0.15) is 0 Å². The van der Waals surface area contributed by atoms with Crippen molar-refractivity contribution in [2.45, 2.75) is 116 Å². The van der Waals surface area contributed by atoms with Crippen LogP contribution in [0.25, 0.3) is 0 Å². The van der Waals surface area contributed by atoms with Crippen molar-refractivity contribution < 1.29 is 14.6 Å². The van der Waals surface area contributed by atoms with Gasteiger partial charge < -0.3 is 15.2 Å². The molecule has 0 saturated heterocycles. The van der Waals surface area contributed by atoms with Gasteiger partial charge in [-0.15, -0.1) is 0 Å². The molecule has 0 aliphatic carbocycles. The Morgan fingerprint density at radius 2 is 1.31 bits per heavy atom. The molecule has 0 radical (unpaired) electrons. The molecule has 0 bridgehead atoms. The van der Waals surface area contributed by atoms with Crippen LogP contribution in [0.1, 0.15) is 110 Å². The van der Waals surface area contributed by atoms with Gasteiger partial charge in [-0.1, -0.05) is 90.9 Å². The Labute approximate surface area is 162 Å². The minimum Gasteiger partial charge on any atom is -0.394 e. The normalized spacial score (nSPS) is 12.3. The minimum absolute atomic E-state index is 0.0369. The van der Waals surface area contributed by atoms with Crippen molar-refractivity contribution in [3.63, 3.8) is 0 Å². The molecule has 0 spiro atoms. The first kappa shape index (κ1) is 25.4. The number of nitrogens with one attached hydrogen (secondary N) is 1. The molecule has 1 atom stereocenters. The van der Waals surface area contributed by atoms with Crippen molar-refractivity contribution in [2.75, 3.05) is 19.8 Å². The number of aliphatic hydroxyl groups is 1. The van der Waals surface area contributed by atoms with Crippen LogP contribution >= 0.6 is 0 Å². The maximum Gasteiger partial charge on any atom is 0.220 e. The maximum absolute atomic E-state index is 11.9. The number of carbonyl (C=O) groups is 1. The average Bonchev–Trinajstić information content (AvgIpc) is 2.65. The first-order valence-corrected chi connectivity index (χ1v) is 11.2. The summed E-state index contributed by atoms with van der Waals surface area (Å²) in [6.45, 7) is 5.45. The fourth-order valence-corrected chi connectivity index (χ4v) is 3.04. The number of rotatable bonds is 20. The predicted octanol–water partition coefficient (Wildman–Crippen LogP) is 5.37. The van der Waals surface area contributed by atoms with E-state index in [2.05, 4.69) is 19.2 Å². The third-order valence-electron chi connectivity index (χ3n) is 4.84. The van der Waals surface area contributed by atoms with Gasteiger partial charge in [-0.25, -0.2) is 0 Å². The molecule has 0 aromatic rings. The Kier molecular flexibility index (Phi) is 20.2. The van der Waals surface area contributed by atoms with Crippen molar-refractivity contribution in [2.24, 2.45) is 0 Å². The van der Waals surface area contributed by atoms with Crippen LogP contribution in [0.2, 0.25) is 0 Å². The lowest BCUT2D eigenvalue weighted by Gasteiger charge is -2.16. The zero-order chi connectivity index (χ0) is 19.3. The molecule has 26 heavy (non-hydrogen) atoms. The van der Waals surface area contributed by atoms with Crippen molar-refractivity contribution >= 4 is 5.91 Å². The molecule has 0 heterocycles. The summed E-state index contributed by atoms with van der Waals surface area (Å²) in [7, 11) is 0. The molecule has 156 valence electrons. The standard InChI is InChI=1S/C22H45NO3/c1-3-5-7-8-9-10-11-12-13-14-15-17-22(25)23-19-21(20-24)26-18-16-6-4-2/h21,24H,3-20H2,1-2H3,(H,23,25). The van der Waals surface area contributed by atoms with Crippen LogP contribution in [0.5, 0.6) is 0 Å². The summed E-state index contributed by atoms with van der Waals surface area (Å²) in [6, 6.07) is 0. The molecule has 0 aliphatic rings. The summed E-state index contributed by atoms with van der Waals surface area (Å²) in [6.07, 6.45) is 17.8. The van der Waals surface area contributed by atoms with E-state index < -0.39 is 0 Å². The smallest absolute Gasteiger partial charge is 0.220 e. The molecule has 0 aromatic heterocycles. The number of hydrogen-bond acceptors (Lipinski definition) is 3. The largest absolute Gasteiger partial charge is 0.394 e. The van der Waals surface area contributed by atoms with E-state index in [-0.39, 0.29) is 18.6 Å². The van der Waals surface area contributed by atoms with Gasteiger partial charge in [-0.3, -0.25) is 4.79 Å². The first-order chi connectivity index (χ1) is 12.7.